The van der Waals surface area contributed by atoms with Crippen molar-refractivity contribution in [1.82, 2.24) is 0 Å². The molecular formula is C30H26O6. The van der Waals surface area contributed by atoms with Crippen LogP contribution in [-0.4, -0.2) is 11.9 Å². The van der Waals surface area contributed by atoms with Crippen molar-refractivity contribution in [3.8, 4) is 33.8 Å². The molecule has 0 heterocycles. The van der Waals surface area contributed by atoms with Crippen molar-refractivity contribution < 1.29 is 28.5 Å². The van der Waals surface area contributed by atoms with Gasteiger partial charge in [0.2, 0.25) is 0 Å². The minimum Gasteiger partial charge on any atom is -0.462 e. The van der Waals surface area contributed by atoms with Gasteiger partial charge in [-0.2, -0.15) is 0 Å². The van der Waals surface area contributed by atoms with Crippen LogP contribution in [-0.2, 0) is 19.1 Å². The number of hydrogen-bond donors (Lipinski definition) is 0. The summed E-state index contributed by atoms with van der Waals surface area (Å²) in [6.45, 7) is 10.4. The molecule has 3 aromatic carbocycles. The molecule has 0 saturated heterocycles. The van der Waals surface area contributed by atoms with Crippen molar-refractivity contribution in [3.05, 3.63) is 122 Å². The first-order chi connectivity index (χ1) is 17.4. The number of carbonyl (C=O) groups is 2. The monoisotopic (exact) mass is 482 g/mol. The molecule has 3 rings (SSSR count). The molecule has 0 aromatic heterocycles. The van der Waals surface area contributed by atoms with E-state index < -0.39 is 11.9 Å². The van der Waals surface area contributed by atoms with E-state index in [2.05, 4.69) is 37.4 Å². The van der Waals surface area contributed by atoms with Crippen molar-refractivity contribution in [2.45, 2.75) is 13.8 Å². The van der Waals surface area contributed by atoms with Crippen LogP contribution in [0.1, 0.15) is 12.5 Å². The van der Waals surface area contributed by atoms with E-state index in [0.29, 0.717) is 17.1 Å². The first-order valence-corrected chi connectivity index (χ1v) is 11.0. The standard InChI is InChI=1S/C30H26O6/c1-5-29(31)35-18-16-33-26-12-10-24(11-13-26)23-6-8-25(9-7-23)28-15-14-27(20-22(28)4)34-17-19-36-30(32)21(2)3/h5-20H,1-2H2,3-4H3. The molecule has 0 aliphatic carbocycles. The summed E-state index contributed by atoms with van der Waals surface area (Å²) in [5.41, 5.74) is 5.62. The highest BCUT2D eigenvalue weighted by Gasteiger charge is 2.06. The summed E-state index contributed by atoms with van der Waals surface area (Å²) < 4.78 is 20.5. The van der Waals surface area contributed by atoms with Crippen LogP contribution in [0.4, 0.5) is 0 Å². The Morgan fingerprint density at radius 2 is 1.25 bits per heavy atom. The lowest BCUT2D eigenvalue weighted by molar-refractivity contribution is -0.134. The molecule has 0 spiro atoms. The smallest absolute Gasteiger partial charge is 0.338 e. The van der Waals surface area contributed by atoms with Gasteiger partial charge in [0.15, 0.2) is 0 Å². The van der Waals surface area contributed by atoms with E-state index in [9.17, 15) is 9.59 Å². The zero-order valence-corrected chi connectivity index (χ0v) is 20.1. The van der Waals surface area contributed by atoms with Gasteiger partial charge >= 0.3 is 11.9 Å². The number of carbonyl (C=O) groups excluding carboxylic acids is 2. The second kappa shape index (κ2) is 12.6. The second-order valence-electron chi connectivity index (χ2n) is 7.69. The van der Waals surface area contributed by atoms with Crippen LogP contribution < -0.4 is 9.47 Å². The molecule has 6 nitrogen and oxygen atoms in total. The van der Waals surface area contributed by atoms with Gasteiger partial charge in [-0.25, -0.2) is 9.59 Å². The average Bonchev–Trinajstić information content (AvgIpc) is 2.89. The first-order valence-electron chi connectivity index (χ1n) is 11.0. The van der Waals surface area contributed by atoms with Crippen molar-refractivity contribution in [3.63, 3.8) is 0 Å². The molecule has 0 radical (unpaired) electrons. The van der Waals surface area contributed by atoms with Gasteiger partial charge in [-0.1, -0.05) is 55.6 Å². The minimum atomic E-state index is -0.552. The van der Waals surface area contributed by atoms with Crippen LogP contribution in [0, 0.1) is 6.92 Å². The van der Waals surface area contributed by atoms with Gasteiger partial charge in [0.25, 0.3) is 0 Å². The predicted octanol–water partition coefficient (Wildman–Crippen LogP) is 6.88. The summed E-state index contributed by atoms with van der Waals surface area (Å²) in [6, 6.07) is 21.6. The zero-order valence-electron chi connectivity index (χ0n) is 20.1. The molecular weight excluding hydrogens is 456 g/mol. The fourth-order valence-electron chi connectivity index (χ4n) is 3.15. The van der Waals surface area contributed by atoms with Crippen LogP contribution in [0.25, 0.3) is 22.3 Å². The number of aryl methyl sites for hydroxylation is 1. The summed E-state index contributed by atoms with van der Waals surface area (Å²) in [7, 11) is 0. The Bertz CT molecular complexity index is 1300. The lowest BCUT2D eigenvalue weighted by Gasteiger charge is -2.10. The van der Waals surface area contributed by atoms with Crippen molar-refractivity contribution in [1.29, 1.82) is 0 Å². The molecule has 36 heavy (non-hydrogen) atoms. The highest BCUT2D eigenvalue weighted by Crippen LogP contribution is 2.30. The summed E-state index contributed by atoms with van der Waals surface area (Å²) in [5.74, 6) is 0.189. The maximum absolute atomic E-state index is 11.4. The van der Waals surface area contributed by atoms with Gasteiger partial charge in [0.1, 0.15) is 36.5 Å². The maximum atomic E-state index is 11.4. The van der Waals surface area contributed by atoms with Gasteiger partial charge in [-0.15, -0.1) is 0 Å². The first kappa shape index (κ1) is 25.8. The van der Waals surface area contributed by atoms with Crippen molar-refractivity contribution in [2.24, 2.45) is 0 Å². The van der Waals surface area contributed by atoms with Crippen LogP contribution in [0.15, 0.2) is 117 Å². The molecule has 0 saturated carbocycles. The van der Waals surface area contributed by atoms with Gasteiger partial charge in [0.05, 0.1) is 0 Å². The molecule has 0 unspecified atom stereocenters. The second-order valence-corrected chi connectivity index (χ2v) is 7.69. The van der Waals surface area contributed by atoms with E-state index in [0.717, 1.165) is 40.2 Å². The third kappa shape index (κ3) is 7.33. The molecule has 6 heteroatoms. The lowest BCUT2D eigenvalue weighted by atomic mass is 9.97. The molecule has 0 N–H and O–H groups in total. The lowest BCUT2D eigenvalue weighted by Crippen LogP contribution is -1.99. The van der Waals surface area contributed by atoms with Gasteiger partial charge in [-0.05, 0) is 65.9 Å². The fourth-order valence-corrected chi connectivity index (χ4v) is 3.15. The van der Waals surface area contributed by atoms with E-state index in [-0.39, 0.29) is 0 Å². The summed E-state index contributed by atoms with van der Waals surface area (Å²) >= 11 is 0. The Kier molecular flexibility index (Phi) is 9.00. The number of esters is 2. The van der Waals surface area contributed by atoms with Gasteiger partial charge < -0.3 is 18.9 Å². The third-order valence-electron chi connectivity index (χ3n) is 4.98. The highest BCUT2D eigenvalue weighted by molar-refractivity contribution is 5.87. The highest BCUT2D eigenvalue weighted by atomic mass is 16.5. The fraction of sp³-hybridized carbons (Fsp3) is 0.0667. The van der Waals surface area contributed by atoms with Crippen LogP contribution in [0.3, 0.4) is 0 Å². The molecule has 0 aliphatic heterocycles. The molecule has 3 aromatic rings. The molecule has 0 bridgehead atoms. The molecule has 0 fully saturated rings. The Morgan fingerprint density at radius 3 is 1.83 bits per heavy atom. The number of hydrogen-bond acceptors (Lipinski definition) is 6. The number of ether oxygens (including phenoxy) is 4. The molecule has 0 aliphatic rings. The average molecular weight is 483 g/mol. The van der Waals surface area contributed by atoms with Crippen LogP contribution in [0.5, 0.6) is 11.5 Å². The number of benzene rings is 3. The van der Waals surface area contributed by atoms with Gasteiger partial charge in [0, 0.05) is 11.6 Å². The summed E-state index contributed by atoms with van der Waals surface area (Å²) in [6.07, 6.45) is 6.03. The minimum absolute atomic E-state index is 0.315. The molecule has 182 valence electrons. The Labute approximate surface area is 210 Å². The SMILES string of the molecule is C=CC(=O)OC=COc1ccc(-c2ccc(-c3ccc(OC=COC(=O)C(=C)C)cc3C)cc2)cc1. The predicted molar refractivity (Wildman–Crippen MR) is 139 cm³/mol. The maximum Gasteiger partial charge on any atom is 0.338 e. The summed E-state index contributed by atoms with van der Waals surface area (Å²) in [5, 5.41) is 0. The largest absolute Gasteiger partial charge is 0.462 e. The van der Waals surface area contributed by atoms with Crippen LogP contribution in [0.2, 0.25) is 0 Å². The topological polar surface area (TPSA) is 71.1 Å². The van der Waals surface area contributed by atoms with Crippen molar-refractivity contribution in [2.75, 3.05) is 0 Å². The quantitative estimate of drug-likeness (QED) is 0.178. The van der Waals surface area contributed by atoms with E-state index >= 15 is 0 Å². The van der Waals surface area contributed by atoms with E-state index in [1.807, 2.05) is 49.4 Å². The van der Waals surface area contributed by atoms with Crippen LogP contribution >= 0.6 is 0 Å². The Hall–Kier alpha value is -4.84. The Balaban J connectivity index is 1.61. The Morgan fingerprint density at radius 1 is 0.722 bits per heavy atom. The van der Waals surface area contributed by atoms with Crippen molar-refractivity contribution >= 4 is 11.9 Å². The molecule has 0 atom stereocenters. The summed E-state index contributed by atoms with van der Waals surface area (Å²) in [4.78, 5) is 22.3. The zero-order chi connectivity index (χ0) is 25.9. The normalized spacial score (nSPS) is 10.7. The van der Waals surface area contributed by atoms with E-state index in [1.165, 1.54) is 18.8 Å². The third-order valence-corrected chi connectivity index (χ3v) is 4.98. The van der Waals surface area contributed by atoms with E-state index in [1.54, 1.807) is 6.92 Å². The van der Waals surface area contributed by atoms with Gasteiger partial charge in [-0.3, -0.25) is 0 Å². The molecule has 0 amide bonds. The van der Waals surface area contributed by atoms with E-state index in [4.69, 9.17) is 18.9 Å². The number of rotatable bonds is 10.